The Kier molecular flexibility index (Phi) is 7.29. The minimum Gasteiger partial charge on any atom is -0.444 e. The fourth-order valence-corrected chi connectivity index (χ4v) is 4.98. The number of rotatable bonds is 3. The number of piperidine rings is 1. The molecule has 2 saturated heterocycles. The third-order valence-corrected chi connectivity index (χ3v) is 7.06. The fourth-order valence-electron chi connectivity index (χ4n) is 4.98. The third-order valence-electron chi connectivity index (χ3n) is 7.06. The maximum atomic E-state index is 13.1. The number of β-amino-alcohol motifs (C(OH)–C–C–N with tert-alkyl or cyclic N) is 1. The van der Waals surface area contributed by atoms with E-state index in [0.717, 1.165) is 17.7 Å². The van der Waals surface area contributed by atoms with E-state index in [4.69, 9.17) is 4.74 Å². The Balaban J connectivity index is 1.33. The van der Waals surface area contributed by atoms with Gasteiger partial charge >= 0.3 is 12.3 Å². The molecule has 200 valence electrons. The summed E-state index contributed by atoms with van der Waals surface area (Å²) in [6.45, 7) is 6.90. The van der Waals surface area contributed by atoms with E-state index in [2.05, 4.69) is 0 Å². The second-order valence-electron chi connectivity index (χ2n) is 10.9. The van der Waals surface area contributed by atoms with Crippen LogP contribution in [0.5, 0.6) is 0 Å². The van der Waals surface area contributed by atoms with Crippen LogP contribution in [0.4, 0.5) is 18.0 Å². The number of carbonyl (C=O) groups excluding carboxylic acids is 2. The number of carbonyl (C=O) groups is 2. The molecule has 0 radical (unpaired) electrons. The minimum atomic E-state index is -4.35. The number of ether oxygens (including phenoxy) is 1. The van der Waals surface area contributed by atoms with Crippen molar-refractivity contribution in [3.05, 3.63) is 70.8 Å². The Hall–Kier alpha value is -3.07. The Morgan fingerprint density at radius 2 is 1.51 bits per heavy atom. The number of nitrogens with zero attached hydrogens (tertiary/aromatic N) is 2. The maximum Gasteiger partial charge on any atom is 0.416 e. The first-order chi connectivity index (χ1) is 17.2. The molecule has 0 bridgehead atoms. The van der Waals surface area contributed by atoms with Gasteiger partial charge in [-0.3, -0.25) is 4.79 Å². The fraction of sp³-hybridized carbons (Fsp3) is 0.500. The van der Waals surface area contributed by atoms with E-state index >= 15 is 0 Å². The maximum absolute atomic E-state index is 13.1. The summed E-state index contributed by atoms with van der Waals surface area (Å²) >= 11 is 0. The molecule has 6 nitrogen and oxygen atoms in total. The van der Waals surface area contributed by atoms with Crippen LogP contribution in [-0.2, 0) is 16.5 Å². The van der Waals surface area contributed by atoms with Crippen LogP contribution in [0.15, 0.2) is 48.5 Å². The van der Waals surface area contributed by atoms with Gasteiger partial charge in [0.1, 0.15) is 11.2 Å². The smallest absolute Gasteiger partial charge is 0.416 e. The quantitative estimate of drug-likeness (QED) is 0.578. The molecule has 2 aromatic carbocycles. The molecule has 0 aliphatic carbocycles. The summed E-state index contributed by atoms with van der Waals surface area (Å²) in [4.78, 5) is 28.7. The molecule has 2 aliphatic rings. The summed E-state index contributed by atoms with van der Waals surface area (Å²) in [5.41, 5.74) is -0.495. The number of hydrogen-bond acceptors (Lipinski definition) is 4. The molecule has 2 heterocycles. The van der Waals surface area contributed by atoms with Gasteiger partial charge in [-0.2, -0.15) is 13.2 Å². The van der Waals surface area contributed by atoms with Gasteiger partial charge in [0.25, 0.3) is 5.91 Å². The highest BCUT2D eigenvalue weighted by Crippen LogP contribution is 2.35. The summed E-state index contributed by atoms with van der Waals surface area (Å²) in [7, 11) is 0. The van der Waals surface area contributed by atoms with E-state index in [-0.39, 0.29) is 18.4 Å². The van der Waals surface area contributed by atoms with Gasteiger partial charge in [0.15, 0.2) is 0 Å². The Bertz CT molecular complexity index is 1120. The van der Waals surface area contributed by atoms with Crippen LogP contribution in [0, 0.1) is 0 Å². The molecule has 0 aromatic heterocycles. The molecule has 2 fully saturated rings. The number of halogens is 3. The lowest BCUT2D eigenvalue weighted by Gasteiger charge is -2.32. The summed E-state index contributed by atoms with van der Waals surface area (Å²) in [6, 6.07) is 12.1. The predicted octanol–water partition coefficient (Wildman–Crippen LogP) is 5.55. The zero-order valence-corrected chi connectivity index (χ0v) is 21.3. The van der Waals surface area contributed by atoms with Crippen molar-refractivity contribution in [1.82, 2.24) is 9.80 Å². The molecule has 0 spiro atoms. The third kappa shape index (κ3) is 6.26. The van der Waals surface area contributed by atoms with Crippen molar-refractivity contribution in [2.75, 3.05) is 26.2 Å². The number of alkyl halides is 3. The summed E-state index contributed by atoms with van der Waals surface area (Å²) in [5.74, 6) is -0.00976. The van der Waals surface area contributed by atoms with Crippen LogP contribution in [0.25, 0.3) is 0 Å². The molecule has 37 heavy (non-hydrogen) atoms. The molecule has 1 unspecified atom stereocenters. The van der Waals surface area contributed by atoms with E-state index in [1.807, 2.05) is 0 Å². The van der Waals surface area contributed by atoms with Crippen molar-refractivity contribution < 1.29 is 32.6 Å². The number of aliphatic hydroxyl groups is 1. The predicted molar refractivity (Wildman–Crippen MR) is 132 cm³/mol. The largest absolute Gasteiger partial charge is 0.444 e. The summed E-state index contributed by atoms with van der Waals surface area (Å²) in [5, 5.41) is 11.2. The molecular weight excluding hydrogens is 485 g/mol. The topological polar surface area (TPSA) is 70.1 Å². The molecule has 4 rings (SSSR count). The highest BCUT2D eigenvalue weighted by atomic mass is 19.4. The van der Waals surface area contributed by atoms with Gasteiger partial charge in [-0.25, -0.2) is 4.79 Å². The lowest BCUT2D eigenvalue weighted by atomic mass is 9.88. The first kappa shape index (κ1) is 27.0. The number of likely N-dealkylation sites (tertiary alicyclic amines) is 2. The van der Waals surface area contributed by atoms with Gasteiger partial charge in [-0.1, -0.05) is 24.3 Å². The van der Waals surface area contributed by atoms with E-state index in [1.165, 1.54) is 17.0 Å². The van der Waals surface area contributed by atoms with Gasteiger partial charge in [-0.15, -0.1) is 0 Å². The zero-order chi connectivity index (χ0) is 27.0. The molecule has 0 saturated carbocycles. The second kappa shape index (κ2) is 10.0. The summed E-state index contributed by atoms with van der Waals surface area (Å²) < 4.78 is 43.9. The second-order valence-corrected chi connectivity index (χ2v) is 10.9. The normalized spacial score (nSPS) is 21.3. The Labute approximate surface area is 215 Å². The average Bonchev–Trinajstić information content (AvgIpc) is 3.26. The Morgan fingerprint density at radius 1 is 0.919 bits per heavy atom. The van der Waals surface area contributed by atoms with Crippen LogP contribution >= 0.6 is 0 Å². The molecule has 2 aliphatic heterocycles. The van der Waals surface area contributed by atoms with Crippen molar-refractivity contribution in [2.24, 2.45) is 0 Å². The van der Waals surface area contributed by atoms with Gasteiger partial charge < -0.3 is 19.6 Å². The first-order valence-electron chi connectivity index (χ1n) is 12.5. The molecule has 2 amide bonds. The van der Waals surface area contributed by atoms with E-state index in [9.17, 15) is 27.9 Å². The van der Waals surface area contributed by atoms with E-state index in [1.54, 1.807) is 49.9 Å². The lowest BCUT2D eigenvalue weighted by Crippen LogP contribution is -2.38. The minimum absolute atomic E-state index is 0.109. The van der Waals surface area contributed by atoms with Gasteiger partial charge in [-0.05, 0) is 81.3 Å². The first-order valence-corrected chi connectivity index (χ1v) is 12.5. The van der Waals surface area contributed by atoms with E-state index in [0.29, 0.717) is 50.0 Å². The summed E-state index contributed by atoms with van der Waals surface area (Å²) in [6.07, 6.45) is -3.09. The van der Waals surface area contributed by atoms with E-state index < -0.39 is 29.0 Å². The monoisotopic (exact) mass is 518 g/mol. The van der Waals surface area contributed by atoms with Crippen LogP contribution in [-0.4, -0.2) is 58.7 Å². The van der Waals surface area contributed by atoms with Crippen molar-refractivity contribution in [2.45, 2.75) is 63.3 Å². The van der Waals surface area contributed by atoms with Gasteiger partial charge in [0.2, 0.25) is 0 Å². The SMILES string of the molecule is CC(C)(C)OC(=O)N1CCC(O)(c2ccc(C(=O)N3CCC(c4ccc(C(F)(F)F)cc4)CC3)cc2)C1. The molecule has 1 N–H and O–H groups in total. The highest BCUT2D eigenvalue weighted by molar-refractivity contribution is 5.94. The zero-order valence-electron chi connectivity index (χ0n) is 21.3. The number of benzene rings is 2. The van der Waals surface area contributed by atoms with Crippen molar-refractivity contribution in [3.8, 4) is 0 Å². The van der Waals surface area contributed by atoms with Crippen molar-refractivity contribution >= 4 is 12.0 Å². The number of amides is 2. The Morgan fingerprint density at radius 3 is 2.05 bits per heavy atom. The van der Waals surface area contributed by atoms with Crippen LogP contribution in [0.2, 0.25) is 0 Å². The molecule has 2 aromatic rings. The van der Waals surface area contributed by atoms with Crippen LogP contribution in [0.3, 0.4) is 0 Å². The molecule has 9 heteroatoms. The van der Waals surface area contributed by atoms with Crippen molar-refractivity contribution in [1.29, 1.82) is 0 Å². The average molecular weight is 519 g/mol. The van der Waals surface area contributed by atoms with Crippen LogP contribution in [0.1, 0.15) is 73.0 Å². The van der Waals surface area contributed by atoms with Gasteiger partial charge in [0, 0.05) is 25.2 Å². The van der Waals surface area contributed by atoms with Crippen molar-refractivity contribution in [3.63, 3.8) is 0 Å². The lowest BCUT2D eigenvalue weighted by molar-refractivity contribution is -0.137. The van der Waals surface area contributed by atoms with Crippen LogP contribution < -0.4 is 0 Å². The number of hydrogen-bond donors (Lipinski definition) is 1. The molecule has 1 atom stereocenters. The highest BCUT2D eigenvalue weighted by Gasteiger charge is 2.41. The molecular formula is C28H33F3N2O4. The van der Waals surface area contributed by atoms with Gasteiger partial charge in [0.05, 0.1) is 12.1 Å². The standard InChI is InChI=1S/C28H33F3N2O4/c1-26(2,3)37-25(35)33-17-14-27(36,18-33)22-8-6-21(7-9-22)24(34)32-15-12-20(13-16-32)19-4-10-23(11-5-19)28(29,30)31/h4-11,20,36H,12-18H2,1-3H3.